The molecule has 1 rings (SSSR count). The summed E-state index contributed by atoms with van der Waals surface area (Å²) in [5.74, 6) is 0.599. The predicted molar refractivity (Wildman–Crippen MR) is 82.2 cm³/mol. The van der Waals surface area contributed by atoms with Crippen LogP contribution in [-0.2, 0) is 9.53 Å². The second kappa shape index (κ2) is 9.96. The van der Waals surface area contributed by atoms with E-state index in [0.29, 0.717) is 19.6 Å². The molecule has 0 aliphatic carbocycles. The third-order valence-corrected chi connectivity index (χ3v) is 2.81. The molecule has 0 heterocycles. The van der Waals surface area contributed by atoms with Gasteiger partial charge < -0.3 is 19.9 Å². The highest BCUT2D eigenvalue weighted by Gasteiger charge is 2.09. The fourth-order valence-corrected chi connectivity index (χ4v) is 1.82. The van der Waals surface area contributed by atoms with Crippen molar-refractivity contribution in [2.75, 3.05) is 26.9 Å². The normalized spacial score (nSPS) is 12.3. The number of aliphatic hydroxyl groups is 1. The number of ether oxygens (including phenoxy) is 2. The van der Waals surface area contributed by atoms with Gasteiger partial charge in [0.15, 0.2) is 0 Å². The zero-order valence-corrected chi connectivity index (χ0v) is 12.5. The molecule has 116 valence electrons. The van der Waals surface area contributed by atoms with Gasteiger partial charge in [0, 0.05) is 19.8 Å². The molecule has 5 heteroatoms. The predicted octanol–water partition coefficient (Wildman–Crippen LogP) is 1.61. The summed E-state index contributed by atoms with van der Waals surface area (Å²) in [5.41, 5.74) is 0.916. The summed E-state index contributed by atoms with van der Waals surface area (Å²) in [4.78, 5) is 11.8. The van der Waals surface area contributed by atoms with Gasteiger partial charge in [-0.15, -0.1) is 0 Å². The Balaban J connectivity index is 2.52. The van der Waals surface area contributed by atoms with E-state index in [9.17, 15) is 4.79 Å². The second-order valence-corrected chi connectivity index (χ2v) is 4.51. The number of aliphatic hydroxyl groups excluding tert-OH is 1. The van der Waals surface area contributed by atoms with E-state index in [1.165, 1.54) is 6.08 Å². The molecule has 2 N–H and O–H groups in total. The van der Waals surface area contributed by atoms with E-state index in [0.717, 1.165) is 11.3 Å². The smallest absolute Gasteiger partial charge is 0.244 e. The molecule has 0 aromatic heterocycles. The SMILES string of the molecule is CCOc1ccc(/C=C/C(=O)NC(CCO)COC)cc1. The summed E-state index contributed by atoms with van der Waals surface area (Å²) >= 11 is 0. The van der Waals surface area contributed by atoms with E-state index in [2.05, 4.69) is 5.32 Å². The number of rotatable bonds is 9. The standard InChI is InChI=1S/C16H23NO4/c1-3-21-15-7-4-13(5-8-15)6-9-16(19)17-14(10-11-18)12-20-2/h4-9,14,18H,3,10-12H2,1-2H3,(H,17,19)/b9-6+. The number of amides is 1. The quantitative estimate of drug-likeness (QED) is 0.679. The number of nitrogens with one attached hydrogen (secondary N) is 1. The topological polar surface area (TPSA) is 67.8 Å². The van der Waals surface area contributed by atoms with Gasteiger partial charge in [-0.05, 0) is 37.1 Å². The fraction of sp³-hybridized carbons (Fsp3) is 0.438. The molecule has 1 atom stereocenters. The first kappa shape index (κ1) is 17.2. The van der Waals surface area contributed by atoms with Crippen molar-refractivity contribution < 1.29 is 19.4 Å². The number of carbonyl (C=O) groups excluding carboxylic acids is 1. The molecule has 21 heavy (non-hydrogen) atoms. The van der Waals surface area contributed by atoms with Crippen LogP contribution >= 0.6 is 0 Å². The first-order valence-electron chi connectivity index (χ1n) is 7.00. The Morgan fingerprint density at radius 1 is 1.38 bits per heavy atom. The van der Waals surface area contributed by atoms with Crippen LogP contribution in [0.5, 0.6) is 5.75 Å². The van der Waals surface area contributed by atoms with Gasteiger partial charge in [-0.3, -0.25) is 4.79 Å². The maximum absolute atomic E-state index is 11.8. The third-order valence-electron chi connectivity index (χ3n) is 2.81. The van der Waals surface area contributed by atoms with Crippen molar-refractivity contribution >= 4 is 12.0 Å². The van der Waals surface area contributed by atoms with Crippen LogP contribution < -0.4 is 10.1 Å². The Morgan fingerprint density at radius 2 is 2.10 bits per heavy atom. The maximum atomic E-state index is 11.8. The van der Waals surface area contributed by atoms with Gasteiger partial charge in [0.05, 0.1) is 19.3 Å². The van der Waals surface area contributed by atoms with Crippen molar-refractivity contribution in [1.29, 1.82) is 0 Å². The van der Waals surface area contributed by atoms with E-state index >= 15 is 0 Å². The van der Waals surface area contributed by atoms with Crippen LogP contribution in [0.4, 0.5) is 0 Å². The van der Waals surface area contributed by atoms with Gasteiger partial charge in [0.25, 0.3) is 0 Å². The van der Waals surface area contributed by atoms with Crippen LogP contribution in [0.25, 0.3) is 6.08 Å². The maximum Gasteiger partial charge on any atom is 0.244 e. The molecule has 0 aliphatic heterocycles. The fourth-order valence-electron chi connectivity index (χ4n) is 1.82. The minimum absolute atomic E-state index is 0.0108. The first-order valence-corrected chi connectivity index (χ1v) is 7.00. The van der Waals surface area contributed by atoms with Crippen molar-refractivity contribution in [3.05, 3.63) is 35.9 Å². The molecule has 0 aliphatic rings. The Morgan fingerprint density at radius 3 is 2.67 bits per heavy atom. The molecule has 0 saturated carbocycles. The number of methoxy groups -OCH3 is 1. The Bertz CT molecular complexity index is 436. The summed E-state index contributed by atoms with van der Waals surface area (Å²) < 4.78 is 10.3. The molecular weight excluding hydrogens is 270 g/mol. The molecular formula is C16H23NO4. The van der Waals surface area contributed by atoms with Gasteiger partial charge in [-0.2, -0.15) is 0 Å². The largest absolute Gasteiger partial charge is 0.494 e. The molecule has 0 radical (unpaired) electrons. The van der Waals surface area contributed by atoms with Crippen molar-refractivity contribution in [3.63, 3.8) is 0 Å². The van der Waals surface area contributed by atoms with E-state index in [1.807, 2.05) is 31.2 Å². The molecule has 5 nitrogen and oxygen atoms in total. The van der Waals surface area contributed by atoms with Gasteiger partial charge in [0.1, 0.15) is 5.75 Å². The zero-order chi connectivity index (χ0) is 15.5. The van der Waals surface area contributed by atoms with E-state index in [-0.39, 0.29) is 18.6 Å². The summed E-state index contributed by atoms with van der Waals surface area (Å²) in [6, 6.07) is 7.31. The van der Waals surface area contributed by atoms with Crippen LogP contribution in [0.15, 0.2) is 30.3 Å². The molecule has 0 fully saturated rings. The van der Waals surface area contributed by atoms with Crippen LogP contribution in [0, 0.1) is 0 Å². The van der Waals surface area contributed by atoms with Crippen LogP contribution in [0.3, 0.4) is 0 Å². The first-order chi connectivity index (χ1) is 10.2. The highest BCUT2D eigenvalue weighted by atomic mass is 16.5. The van der Waals surface area contributed by atoms with E-state index in [4.69, 9.17) is 14.6 Å². The van der Waals surface area contributed by atoms with Gasteiger partial charge in [-0.1, -0.05) is 12.1 Å². The lowest BCUT2D eigenvalue weighted by atomic mass is 10.2. The summed E-state index contributed by atoms with van der Waals surface area (Å²) in [6.07, 6.45) is 3.67. The highest BCUT2D eigenvalue weighted by molar-refractivity contribution is 5.91. The number of benzene rings is 1. The molecule has 1 amide bonds. The van der Waals surface area contributed by atoms with Crippen LogP contribution in [0.1, 0.15) is 18.9 Å². The minimum atomic E-state index is -0.209. The van der Waals surface area contributed by atoms with Crippen molar-refractivity contribution in [3.8, 4) is 5.75 Å². The summed E-state index contributed by atoms with van der Waals surface area (Å²) in [5, 5.41) is 11.7. The molecule has 0 bridgehead atoms. The van der Waals surface area contributed by atoms with Gasteiger partial charge in [-0.25, -0.2) is 0 Å². The van der Waals surface area contributed by atoms with Crippen molar-refractivity contribution in [2.24, 2.45) is 0 Å². The molecule has 1 aromatic rings. The van der Waals surface area contributed by atoms with Gasteiger partial charge in [0.2, 0.25) is 5.91 Å². The number of carbonyl (C=O) groups is 1. The molecule has 0 saturated heterocycles. The van der Waals surface area contributed by atoms with Crippen molar-refractivity contribution in [1.82, 2.24) is 5.32 Å². The van der Waals surface area contributed by atoms with E-state index in [1.54, 1.807) is 13.2 Å². The third kappa shape index (κ3) is 6.92. The average Bonchev–Trinajstić information content (AvgIpc) is 2.47. The van der Waals surface area contributed by atoms with Crippen LogP contribution in [-0.4, -0.2) is 44.0 Å². The highest BCUT2D eigenvalue weighted by Crippen LogP contribution is 2.12. The molecule has 0 spiro atoms. The zero-order valence-electron chi connectivity index (χ0n) is 12.5. The Hall–Kier alpha value is -1.85. The van der Waals surface area contributed by atoms with Crippen LogP contribution in [0.2, 0.25) is 0 Å². The molecule has 1 aromatic carbocycles. The monoisotopic (exact) mass is 293 g/mol. The summed E-state index contributed by atoms with van der Waals surface area (Å²) in [7, 11) is 1.56. The summed E-state index contributed by atoms with van der Waals surface area (Å²) in [6.45, 7) is 2.95. The Kier molecular flexibility index (Phi) is 8.16. The van der Waals surface area contributed by atoms with Crippen molar-refractivity contribution in [2.45, 2.75) is 19.4 Å². The lowest BCUT2D eigenvalue weighted by Crippen LogP contribution is -2.37. The lowest BCUT2D eigenvalue weighted by molar-refractivity contribution is -0.117. The second-order valence-electron chi connectivity index (χ2n) is 4.51. The number of hydrogen-bond donors (Lipinski definition) is 2. The minimum Gasteiger partial charge on any atom is -0.494 e. The van der Waals surface area contributed by atoms with Gasteiger partial charge >= 0.3 is 0 Å². The average molecular weight is 293 g/mol. The Labute approximate surface area is 125 Å². The number of hydrogen-bond acceptors (Lipinski definition) is 4. The van der Waals surface area contributed by atoms with E-state index < -0.39 is 0 Å². The molecule has 1 unspecified atom stereocenters. The lowest BCUT2D eigenvalue weighted by Gasteiger charge is -2.15.